The van der Waals surface area contributed by atoms with E-state index in [1.165, 1.54) is 0 Å². The highest BCUT2D eigenvalue weighted by Crippen LogP contribution is 2.22. The van der Waals surface area contributed by atoms with E-state index in [0.29, 0.717) is 16.3 Å². The van der Waals surface area contributed by atoms with Gasteiger partial charge in [-0.05, 0) is 19.1 Å². The Morgan fingerprint density at radius 3 is 2.36 bits per heavy atom. The zero-order chi connectivity index (χ0) is 15.6. The molecule has 0 aliphatic carbocycles. The van der Waals surface area contributed by atoms with E-state index in [1.807, 2.05) is 37.3 Å². The number of aromatic nitrogens is 1. The summed E-state index contributed by atoms with van der Waals surface area (Å²) in [5.41, 5.74) is 2.29. The van der Waals surface area contributed by atoms with E-state index in [0.717, 1.165) is 11.1 Å². The van der Waals surface area contributed by atoms with Gasteiger partial charge >= 0.3 is 0 Å². The number of aryl methyl sites for hydroxylation is 1. The summed E-state index contributed by atoms with van der Waals surface area (Å²) < 4.78 is 30.0. The van der Waals surface area contributed by atoms with Crippen LogP contribution in [0.15, 0.2) is 70.1 Å². The maximum atomic E-state index is 12.4. The molecule has 112 valence electrons. The van der Waals surface area contributed by atoms with Gasteiger partial charge in [-0.15, -0.1) is 0 Å². The first kappa shape index (κ1) is 14.5. The van der Waals surface area contributed by atoms with E-state index < -0.39 is 9.84 Å². The minimum atomic E-state index is -3.42. The predicted octanol–water partition coefficient (Wildman–Crippen LogP) is 3.62. The summed E-state index contributed by atoms with van der Waals surface area (Å²) in [5.74, 6) is 0.390. The average Bonchev–Trinajstić information content (AvgIpc) is 2.96. The Kier molecular flexibility index (Phi) is 3.81. The molecule has 0 aliphatic heterocycles. The van der Waals surface area contributed by atoms with Gasteiger partial charge < -0.3 is 4.52 Å². The molecule has 4 nitrogen and oxygen atoms in total. The van der Waals surface area contributed by atoms with E-state index in [-0.39, 0.29) is 5.75 Å². The minimum Gasteiger partial charge on any atom is -0.356 e. The second kappa shape index (κ2) is 5.77. The third kappa shape index (κ3) is 3.09. The molecule has 5 heteroatoms. The van der Waals surface area contributed by atoms with E-state index >= 15 is 0 Å². The van der Waals surface area contributed by atoms with E-state index in [1.54, 1.807) is 30.3 Å². The van der Waals surface area contributed by atoms with Gasteiger partial charge in [-0.1, -0.05) is 53.2 Å². The third-order valence-electron chi connectivity index (χ3n) is 3.34. The van der Waals surface area contributed by atoms with Crippen LogP contribution in [0.5, 0.6) is 0 Å². The quantitative estimate of drug-likeness (QED) is 0.738. The lowest BCUT2D eigenvalue weighted by Gasteiger charge is -2.02. The van der Waals surface area contributed by atoms with Crippen LogP contribution in [0.2, 0.25) is 0 Å². The molecule has 2 aromatic carbocycles. The molecule has 0 spiro atoms. The van der Waals surface area contributed by atoms with Crippen LogP contribution in [0.3, 0.4) is 0 Å². The Morgan fingerprint density at radius 1 is 1.00 bits per heavy atom. The van der Waals surface area contributed by atoms with Gasteiger partial charge in [0.15, 0.2) is 15.6 Å². The van der Waals surface area contributed by atoms with Gasteiger partial charge in [-0.3, -0.25) is 0 Å². The third-order valence-corrected chi connectivity index (χ3v) is 5.00. The van der Waals surface area contributed by atoms with Crippen LogP contribution in [-0.2, 0) is 15.6 Å². The van der Waals surface area contributed by atoms with Crippen LogP contribution in [0.4, 0.5) is 0 Å². The summed E-state index contributed by atoms with van der Waals surface area (Å²) in [5, 5.41) is 3.87. The highest BCUT2D eigenvalue weighted by Gasteiger charge is 2.18. The van der Waals surface area contributed by atoms with Gasteiger partial charge in [0.05, 0.1) is 10.6 Å². The van der Waals surface area contributed by atoms with Crippen LogP contribution in [0.25, 0.3) is 11.3 Å². The zero-order valence-corrected chi connectivity index (χ0v) is 12.9. The van der Waals surface area contributed by atoms with Gasteiger partial charge in [0, 0.05) is 11.6 Å². The summed E-state index contributed by atoms with van der Waals surface area (Å²) in [7, 11) is -3.42. The number of benzene rings is 2. The molecule has 0 aliphatic rings. The standard InChI is InChI=1S/C17H15NO3S/c1-13-7-9-16(10-8-13)22(19,20)12-15-11-17(21-18-15)14-5-3-2-4-6-14/h2-11H,12H2,1H3. The molecule has 1 heterocycles. The molecular weight excluding hydrogens is 298 g/mol. The Balaban J connectivity index is 1.84. The molecule has 0 saturated heterocycles. The first-order valence-corrected chi connectivity index (χ1v) is 8.50. The Bertz CT molecular complexity index is 866. The SMILES string of the molecule is Cc1ccc(S(=O)(=O)Cc2cc(-c3ccccc3)on2)cc1. The molecule has 0 saturated carbocycles. The first-order valence-electron chi connectivity index (χ1n) is 6.85. The summed E-state index contributed by atoms with van der Waals surface area (Å²) in [4.78, 5) is 0.294. The molecule has 1 aromatic heterocycles. The lowest BCUT2D eigenvalue weighted by molar-refractivity contribution is 0.426. The van der Waals surface area contributed by atoms with E-state index in [4.69, 9.17) is 4.52 Å². The van der Waals surface area contributed by atoms with Gasteiger partial charge in [0.1, 0.15) is 5.75 Å². The smallest absolute Gasteiger partial charge is 0.184 e. The van der Waals surface area contributed by atoms with Crippen LogP contribution in [-0.4, -0.2) is 13.6 Å². The Labute approximate surface area is 129 Å². The molecular formula is C17H15NO3S. The lowest BCUT2D eigenvalue weighted by atomic mass is 10.2. The van der Waals surface area contributed by atoms with Crippen molar-refractivity contribution in [3.8, 4) is 11.3 Å². The topological polar surface area (TPSA) is 60.2 Å². The summed E-state index contributed by atoms with van der Waals surface area (Å²) >= 11 is 0. The minimum absolute atomic E-state index is 0.174. The summed E-state index contributed by atoms with van der Waals surface area (Å²) in [6.07, 6.45) is 0. The molecule has 0 bridgehead atoms. The second-order valence-corrected chi connectivity index (χ2v) is 7.11. The fraction of sp³-hybridized carbons (Fsp3) is 0.118. The second-order valence-electron chi connectivity index (χ2n) is 5.12. The number of hydrogen-bond donors (Lipinski definition) is 0. The largest absolute Gasteiger partial charge is 0.356 e. The summed E-state index contributed by atoms with van der Waals surface area (Å²) in [6.45, 7) is 1.92. The van der Waals surface area contributed by atoms with Gasteiger partial charge in [0.2, 0.25) is 0 Å². The molecule has 3 rings (SSSR count). The lowest BCUT2D eigenvalue weighted by Crippen LogP contribution is -2.05. The zero-order valence-electron chi connectivity index (χ0n) is 12.1. The molecule has 0 unspecified atom stereocenters. The molecule has 22 heavy (non-hydrogen) atoms. The highest BCUT2D eigenvalue weighted by molar-refractivity contribution is 7.90. The molecule has 0 amide bonds. The monoisotopic (exact) mass is 313 g/mol. The maximum Gasteiger partial charge on any atom is 0.184 e. The van der Waals surface area contributed by atoms with Crippen molar-refractivity contribution in [2.75, 3.05) is 0 Å². The van der Waals surface area contributed by atoms with Crippen molar-refractivity contribution in [3.63, 3.8) is 0 Å². The van der Waals surface area contributed by atoms with E-state index in [9.17, 15) is 8.42 Å². The number of nitrogens with zero attached hydrogens (tertiary/aromatic N) is 1. The fourth-order valence-corrected chi connectivity index (χ4v) is 3.38. The van der Waals surface area contributed by atoms with Crippen LogP contribution in [0, 0.1) is 6.92 Å². The molecule has 3 aromatic rings. The van der Waals surface area contributed by atoms with Crippen LogP contribution >= 0.6 is 0 Å². The van der Waals surface area contributed by atoms with Gasteiger partial charge in [0.25, 0.3) is 0 Å². The first-order chi connectivity index (χ1) is 10.5. The van der Waals surface area contributed by atoms with Crippen molar-refractivity contribution in [2.45, 2.75) is 17.6 Å². The molecule has 0 N–H and O–H groups in total. The van der Waals surface area contributed by atoms with Crippen LogP contribution < -0.4 is 0 Å². The number of hydrogen-bond acceptors (Lipinski definition) is 4. The molecule has 0 fully saturated rings. The van der Waals surface area contributed by atoms with Crippen molar-refractivity contribution in [3.05, 3.63) is 71.9 Å². The molecule has 0 atom stereocenters. The highest BCUT2D eigenvalue weighted by atomic mass is 32.2. The fourth-order valence-electron chi connectivity index (χ4n) is 2.14. The Hall–Kier alpha value is -2.40. The van der Waals surface area contributed by atoms with Crippen molar-refractivity contribution in [1.82, 2.24) is 5.16 Å². The number of sulfone groups is 1. The van der Waals surface area contributed by atoms with Gasteiger partial charge in [-0.25, -0.2) is 8.42 Å². The number of rotatable bonds is 4. The van der Waals surface area contributed by atoms with Crippen molar-refractivity contribution >= 4 is 9.84 Å². The van der Waals surface area contributed by atoms with Crippen LogP contribution in [0.1, 0.15) is 11.3 Å². The van der Waals surface area contributed by atoms with Crippen molar-refractivity contribution < 1.29 is 12.9 Å². The van der Waals surface area contributed by atoms with E-state index in [2.05, 4.69) is 5.16 Å². The normalized spacial score (nSPS) is 11.5. The maximum absolute atomic E-state index is 12.4. The van der Waals surface area contributed by atoms with Crippen molar-refractivity contribution in [2.24, 2.45) is 0 Å². The predicted molar refractivity (Wildman–Crippen MR) is 84.0 cm³/mol. The summed E-state index contributed by atoms with van der Waals surface area (Å²) in [6, 6.07) is 17.9. The molecule has 0 radical (unpaired) electrons. The van der Waals surface area contributed by atoms with Gasteiger partial charge in [-0.2, -0.15) is 0 Å². The average molecular weight is 313 g/mol. The van der Waals surface area contributed by atoms with Crippen molar-refractivity contribution in [1.29, 1.82) is 0 Å². The Morgan fingerprint density at radius 2 is 1.68 bits per heavy atom.